The summed E-state index contributed by atoms with van der Waals surface area (Å²) in [5.41, 5.74) is 7.21. The van der Waals surface area contributed by atoms with Gasteiger partial charge < -0.3 is 5.73 Å². The lowest BCUT2D eigenvalue weighted by atomic mass is 9.84. The molecule has 2 N–H and O–H groups in total. The highest BCUT2D eigenvalue weighted by atomic mass is 19.1. The summed E-state index contributed by atoms with van der Waals surface area (Å²) in [5, 5.41) is 0. The lowest BCUT2D eigenvalue weighted by Crippen LogP contribution is -2.40. The van der Waals surface area contributed by atoms with Crippen molar-refractivity contribution in [3.05, 3.63) is 35.6 Å². The van der Waals surface area contributed by atoms with Crippen molar-refractivity contribution in [2.24, 2.45) is 11.7 Å². The molecule has 100 valence electrons. The highest BCUT2D eigenvalue weighted by Crippen LogP contribution is 2.30. The van der Waals surface area contributed by atoms with E-state index >= 15 is 0 Å². The van der Waals surface area contributed by atoms with Crippen LogP contribution in [0.2, 0.25) is 0 Å². The molecule has 2 unspecified atom stereocenters. The summed E-state index contributed by atoms with van der Waals surface area (Å²) in [6.45, 7) is 3.11. The van der Waals surface area contributed by atoms with E-state index in [2.05, 4.69) is 11.9 Å². The zero-order valence-electron chi connectivity index (χ0n) is 11.3. The van der Waals surface area contributed by atoms with E-state index in [1.54, 1.807) is 0 Å². The van der Waals surface area contributed by atoms with Gasteiger partial charge >= 0.3 is 0 Å². The summed E-state index contributed by atoms with van der Waals surface area (Å²) in [6.07, 6.45) is 4.02. The van der Waals surface area contributed by atoms with E-state index in [1.165, 1.54) is 31.4 Å². The quantitative estimate of drug-likeness (QED) is 0.870. The molecule has 0 aliphatic heterocycles. The first-order valence-corrected chi connectivity index (χ1v) is 6.79. The molecule has 2 rings (SSSR count). The Labute approximate surface area is 109 Å². The Bertz CT molecular complexity index is 371. The maximum absolute atomic E-state index is 13.0. The Morgan fingerprint density at radius 1 is 1.33 bits per heavy atom. The predicted molar refractivity (Wildman–Crippen MR) is 72.8 cm³/mol. The van der Waals surface area contributed by atoms with E-state index in [1.807, 2.05) is 19.1 Å². The topological polar surface area (TPSA) is 29.3 Å². The van der Waals surface area contributed by atoms with Crippen LogP contribution in [0.1, 0.15) is 37.8 Å². The van der Waals surface area contributed by atoms with Gasteiger partial charge in [-0.15, -0.1) is 0 Å². The van der Waals surface area contributed by atoms with E-state index in [0.29, 0.717) is 0 Å². The summed E-state index contributed by atoms with van der Waals surface area (Å²) in [4.78, 5) is 2.32. The van der Waals surface area contributed by atoms with Crippen LogP contribution in [0.4, 0.5) is 4.39 Å². The number of hydrogen-bond donors (Lipinski definition) is 1. The fourth-order valence-corrected chi connectivity index (χ4v) is 2.82. The second kappa shape index (κ2) is 5.81. The molecule has 2 atom stereocenters. The van der Waals surface area contributed by atoms with Crippen molar-refractivity contribution >= 4 is 0 Å². The van der Waals surface area contributed by atoms with Crippen LogP contribution in [-0.4, -0.2) is 24.5 Å². The maximum atomic E-state index is 13.0. The van der Waals surface area contributed by atoms with Gasteiger partial charge in [0.2, 0.25) is 0 Å². The first-order valence-electron chi connectivity index (χ1n) is 6.79. The number of benzene rings is 1. The molecule has 2 nitrogen and oxygen atoms in total. The molecule has 1 fully saturated rings. The number of nitrogens with zero attached hydrogens (tertiary/aromatic N) is 1. The second-order valence-electron chi connectivity index (χ2n) is 5.59. The molecule has 18 heavy (non-hydrogen) atoms. The molecular weight excluding hydrogens is 227 g/mol. The van der Waals surface area contributed by atoms with Gasteiger partial charge in [0.15, 0.2) is 0 Å². The molecule has 1 aromatic rings. The normalized spacial score (nSPS) is 19.6. The molecule has 0 radical (unpaired) electrons. The van der Waals surface area contributed by atoms with Crippen molar-refractivity contribution in [3.8, 4) is 0 Å². The van der Waals surface area contributed by atoms with Gasteiger partial charge in [0.25, 0.3) is 0 Å². The Morgan fingerprint density at radius 2 is 1.94 bits per heavy atom. The number of hydrogen-bond acceptors (Lipinski definition) is 2. The van der Waals surface area contributed by atoms with Gasteiger partial charge in [0.1, 0.15) is 5.82 Å². The third-order valence-electron chi connectivity index (χ3n) is 3.96. The molecule has 1 aromatic carbocycles. The molecular formula is C15H23FN2. The SMILES string of the molecule is CC(N)C(c1ccc(F)cc1)N(C)CC1CCC1. The highest BCUT2D eigenvalue weighted by Gasteiger charge is 2.26. The fraction of sp³-hybridized carbons (Fsp3) is 0.600. The average molecular weight is 250 g/mol. The molecule has 0 heterocycles. The van der Waals surface area contributed by atoms with Crippen LogP contribution in [0.15, 0.2) is 24.3 Å². The van der Waals surface area contributed by atoms with E-state index in [9.17, 15) is 4.39 Å². The zero-order valence-corrected chi connectivity index (χ0v) is 11.3. The van der Waals surface area contributed by atoms with E-state index < -0.39 is 0 Å². The summed E-state index contributed by atoms with van der Waals surface area (Å²) in [5.74, 6) is 0.625. The lowest BCUT2D eigenvalue weighted by molar-refractivity contribution is 0.149. The zero-order chi connectivity index (χ0) is 13.1. The van der Waals surface area contributed by atoms with Gasteiger partial charge in [-0.1, -0.05) is 18.6 Å². The lowest BCUT2D eigenvalue weighted by Gasteiger charge is -2.36. The summed E-state index contributed by atoms with van der Waals surface area (Å²) < 4.78 is 13.0. The molecule has 3 heteroatoms. The standard InChI is InChI=1S/C15H23FN2/c1-11(17)15(13-6-8-14(16)9-7-13)18(2)10-12-4-3-5-12/h6-9,11-12,15H,3-5,10,17H2,1-2H3. The molecule has 0 aromatic heterocycles. The monoisotopic (exact) mass is 250 g/mol. The van der Waals surface area contributed by atoms with Crippen LogP contribution in [-0.2, 0) is 0 Å². The third-order valence-corrected chi connectivity index (χ3v) is 3.96. The van der Waals surface area contributed by atoms with Gasteiger partial charge in [-0.2, -0.15) is 0 Å². The van der Waals surface area contributed by atoms with E-state index in [-0.39, 0.29) is 17.9 Å². The van der Waals surface area contributed by atoms with Crippen molar-refractivity contribution in [3.63, 3.8) is 0 Å². The van der Waals surface area contributed by atoms with Gasteiger partial charge in [0.05, 0.1) is 0 Å². The maximum Gasteiger partial charge on any atom is 0.123 e. The van der Waals surface area contributed by atoms with Gasteiger partial charge in [-0.25, -0.2) is 4.39 Å². The molecule has 1 aliphatic rings. The van der Waals surface area contributed by atoms with Crippen LogP contribution in [0.5, 0.6) is 0 Å². The second-order valence-corrected chi connectivity index (χ2v) is 5.59. The predicted octanol–water partition coefficient (Wildman–Crippen LogP) is 2.95. The molecule has 1 saturated carbocycles. The Hall–Kier alpha value is -0.930. The number of likely N-dealkylation sites (N-methyl/N-ethyl adjacent to an activating group) is 1. The number of halogens is 1. The minimum Gasteiger partial charge on any atom is -0.326 e. The minimum atomic E-state index is -0.191. The van der Waals surface area contributed by atoms with E-state index in [0.717, 1.165) is 18.0 Å². The van der Waals surface area contributed by atoms with Crippen LogP contribution in [0.25, 0.3) is 0 Å². The summed E-state index contributed by atoms with van der Waals surface area (Å²) in [7, 11) is 2.12. The van der Waals surface area contributed by atoms with E-state index in [4.69, 9.17) is 5.73 Å². The van der Waals surface area contributed by atoms with Crippen molar-refractivity contribution in [2.75, 3.05) is 13.6 Å². The molecule has 0 saturated heterocycles. The van der Waals surface area contributed by atoms with Gasteiger partial charge in [0, 0.05) is 18.6 Å². The first-order chi connectivity index (χ1) is 8.58. The summed E-state index contributed by atoms with van der Waals surface area (Å²) in [6, 6.07) is 6.94. The molecule has 0 amide bonds. The van der Waals surface area contributed by atoms with Crippen LogP contribution < -0.4 is 5.73 Å². The van der Waals surface area contributed by atoms with Crippen LogP contribution in [0, 0.1) is 11.7 Å². The Balaban J connectivity index is 2.08. The smallest absolute Gasteiger partial charge is 0.123 e. The van der Waals surface area contributed by atoms with Crippen LogP contribution in [0.3, 0.4) is 0 Å². The van der Waals surface area contributed by atoms with Crippen molar-refractivity contribution in [2.45, 2.75) is 38.3 Å². The fourth-order valence-electron chi connectivity index (χ4n) is 2.82. The van der Waals surface area contributed by atoms with Crippen LogP contribution >= 0.6 is 0 Å². The van der Waals surface area contributed by atoms with Crippen molar-refractivity contribution in [1.82, 2.24) is 4.90 Å². The van der Waals surface area contributed by atoms with Crippen molar-refractivity contribution in [1.29, 1.82) is 0 Å². The molecule has 1 aliphatic carbocycles. The average Bonchev–Trinajstić information content (AvgIpc) is 2.26. The number of nitrogens with two attached hydrogens (primary N) is 1. The Morgan fingerprint density at radius 3 is 2.39 bits per heavy atom. The summed E-state index contributed by atoms with van der Waals surface area (Å²) >= 11 is 0. The highest BCUT2D eigenvalue weighted by molar-refractivity contribution is 5.21. The molecule has 0 spiro atoms. The van der Waals surface area contributed by atoms with Gasteiger partial charge in [-0.3, -0.25) is 4.90 Å². The number of rotatable bonds is 5. The minimum absolute atomic E-state index is 0.0422. The Kier molecular flexibility index (Phi) is 4.36. The molecule has 0 bridgehead atoms. The van der Waals surface area contributed by atoms with Gasteiger partial charge in [-0.05, 0) is 50.4 Å². The largest absolute Gasteiger partial charge is 0.326 e. The first kappa shape index (κ1) is 13.5. The third kappa shape index (κ3) is 3.09. The van der Waals surface area contributed by atoms with Crippen molar-refractivity contribution < 1.29 is 4.39 Å².